The summed E-state index contributed by atoms with van der Waals surface area (Å²) in [5.41, 5.74) is 0.402. The van der Waals surface area contributed by atoms with Gasteiger partial charge in [0.05, 0.1) is 5.69 Å². The van der Waals surface area contributed by atoms with E-state index >= 15 is 0 Å². The van der Waals surface area contributed by atoms with Gasteiger partial charge in [0.15, 0.2) is 0 Å². The van der Waals surface area contributed by atoms with Gasteiger partial charge in [0.2, 0.25) is 0 Å². The van der Waals surface area contributed by atoms with E-state index in [1.54, 1.807) is 6.92 Å². The zero-order chi connectivity index (χ0) is 12.4. The van der Waals surface area contributed by atoms with E-state index in [0.29, 0.717) is 11.4 Å². The molecule has 0 spiro atoms. The SMILES string of the molecule is Cc1nc(Oc2ccc(F)cc2)sc1C(=O)O. The van der Waals surface area contributed by atoms with Crippen LogP contribution < -0.4 is 4.74 Å². The number of hydrogen-bond donors (Lipinski definition) is 1. The summed E-state index contributed by atoms with van der Waals surface area (Å²) >= 11 is 0.940. The zero-order valence-electron chi connectivity index (χ0n) is 8.81. The number of aromatic nitrogens is 1. The van der Waals surface area contributed by atoms with Gasteiger partial charge >= 0.3 is 5.97 Å². The smallest absolute Gasteiger partial charge is 0.347 e. The van der Waals surface area contributed by atoms with E-state index in [0.717, 1.165) is 11.3 Å². The lowest BCUT2D eigenvalue weighted by molar-refractivity contribution is 0.0701. The molecule has 0 fully saturated rings. The van der Waals surface area contributed by atoms with E-state index in [2.05, 4.69) is 4.98 Å². The van der Waals surface area contributed by atoms with Crippen LogP contribution in [0.3, 0.4) is 0 Å². The van der Waals surface area contributed by atoms with Gasteiger partial charge < -0.3 is 9.84 Å². The highest BCUT2D eigenvalue weighted by Gasteiger charge is 2.15. The minimum absolute atomic E-state index is 0.141. The van der Waals surface area contributed by atoms with Gasteiger partial charge in [-0.1, -0.05) is 11.3 Å². The van der Waals surface area contributed by atoms with Gasteiger partial charge in [-0.3, -0.25) is 0 Å². The maximum absolute atomic E-state index is 12.7. The Kier molecular flexibility index (Phi) is 3.06. The molecule has 0 aliphatic heterocycles. The van der Waals surface area contributed by atoms with Crippen molar-refractivity contribution in [2.75, 3.05) is 0 Å². The molecule has 88 valence electrons. The van der Waals surface area contributed by atoms with E-state index in [4.69, 9.17) is 9.84 Å². The molecule has 0 atom stereocenters. The first kappa shape index (κ1) is 11.5. The number of carboxylic acid groups (broad SMARTS) is 1. The molecule has 1 aromatic heterocycles. The quantitative estimate of drug-likeness (QED) is 0.913. The van der Waals surface area contributed by atoms with E-state index < -0.39 is 5.97 Å². The summed E-state index contributed by atoms with van der Waals surface area (Å²) in [4.78, 5) is 14.9. The number of nitrogens with zero attached hydrogens (tertiary/aromatic N) is 1. The third-order valence-corrected chi connectivity index (χ3v) is 3.01. The van der Waals surface area contributed by atoms with E-state index in [9.17, 15) is 9.18 Å². The number of ether oxygens (including phenoxy) is 1. The predicted molar refractivity (Wildman–Crippen MR) is 60.3 cm³/mol. The molecule has 2 rings (SSSR count). The molecule has 0 amide bonds. The third-order valence-electron chi connectivity index (χ3n) is 1.99. The van der Waals surface area contributed by atoms with Crippen LogP contribution in [0.4, 0.5) is 4.39 Å². The van der Waals surface area contributed by atoms with Crippen LogP contribution in [0.15, 0.2) is 24.3 Å². The minimum atomic E-state index is -1.03. The summed E-state index contributed by atoms with van der Waals surface area (Å²) in [5, 5.41) is 9.07. The van der Waals surface area contributed by atoms with E-state index in [-0.39, 0.29) is 15.9 Å². The Morgan fingerprint density at radius 2 is 2.06 bits per heavy atom. The maximum Gasteiger partial charge on any atom is 0.347 e. The molecular formula is C11H8FNO3S. The van der Waals surface area contributed by atoms with E-state index in [1.165, 1.54) is 24.3 Å². The number of carboxylic acids is 1. The summed E-state index contributed by atoms with van der Waals surface area (Å²) in [5.74, 6) is -0.982. The molecule has 6 heteroatoms. The van der Waals surface area contributed by atoms with Crippen LogP contribution in [-0.4, -0.2) is 16.1 Å². The Bertz CT molecular complexity index is 550. The largest absolute Gasteiger partial charge is 0.477 e. The van der Waals surface area contributed by atoms with Crippen LogP contribution in [0.25, 0.3) is 0 Å². The van der Waals surface area contributed by atoms with Gasteiger partial charge in [-0.15, -0.1) is 0 Å². The van der Waals surface area contributed by atoms with Gasteiger partial charge in [0, 0.05) is 0 Å². The van der Waals surface area contributed by atoms with E-state index in [1.807, 2.05) is 0 Å². The summed E-state index contributed by atoms with van der Waals surface area (Å²) in [6.07, 6.45) is 0. The van der Waals surface area contributed by atoms with Crippen LogP contribution in [-0.2, 0) is 0 Å². The van der Waals surface area contributed by atoms with Gasteiger partial charge in [0.1, 0.15) is 16.4 Å². The highest BCUT2D eigenvalue weighted by Crippen LogP contribution is 2.29. The van der Waals surface area contributed by atoms with Crippen LogP contribution in [0.2, 0.25) is 0 Å². The van der Waals surface area contributed by atoms with Crippen molar-refractivity contribution in [3.8, 4) is 10.9 Å². The number of hydrogen-bond acceptors (Lipinski definition) is 4. The number of aromatic carboxylic acids is 1. The number of thiazole rings is 1. The molecule has 1 aromatic carbocycles. The molecule has 0 aliphatic carbocycles. The molecule has 4 nitrogen and oxygen atoms in total. The van der Waals surface area contributed by atoms with Crippen molar-refractivity contribution in [3.05, 3.63) is 40.7 Å². The van der Waals surface area contributed by atoms with Gasteiger partial charge in [-0.2, -0.15) is 0 Å². The second-order valence-corrected chi connectivity index (χ2v) is 4.22. The normalized spacial score (nSPS) is 10.2. The molecule has 2 aromatic rings. The Hall–Kier alpha value is -1.95. The van der Waals surface area contributed by atoms with Crippen molar-refractivity contribution in [1.29, 1.82) is 0 Å². The van der Waals surface area contributed by atoms with Gasteiger partial charge in [0.25, 0.3) is 5.19 Å². The van der Waals surface area contributed by atoms with Crippen LogP contribution in [0, 0.1) is 12.7 Å². The summed E-state index contributed by atoms with van der Waals surface area (Å²) in [6, 6.07) is 5.42. The summed E-state index contributed by atoms with van der Waals surface area (Å²) in [6.45, 7) is 1.59. The van der Waals surface area contributed by atoms with Crippen molar-refractivity contribution in [2.45, 2.75) is 6.92 Å². The molecule has 0 saturated carbocycles. The molecule has 0 aliphatic rings. The average molecular weight is 253 g/mol. The van der Waals surface area contributed by atoms with Crippen LogP contribution in [0.5, 0.6) is 10.9 Å². The fourth-order valence-electron chi connectivity index (χ4n) is 1.22. The molecule has 0 saturated heterocycles. The minimum Gasteiger partial charge on any atom is -0.477 e. The Morgan fingerprint density at radius 1 is 1.41 bits per heavy atom. The number of rotatable bonds is 3. The second kappa shape index (κ2) is 4.50. The highest BCUT2D eigenvalue weighted by atomic mass is 32.1. The fraction of sp³-hybridized carbons (Fsp3) is 0.0909. The first-order valence-corrected chi connectivity index (χ1v) is 5.52. The van der Waals surface area contributed by atoms with Crippen molar-refractivity contribution >= 4 is 17.3 Å². The van der Waals surface area contributed by atoms with Gasteiger partial charge in [-0.05, 0) is 31.2 Å². The fourth-order valence-corrected chi connectivity index (χ4v) is 1.99. The Balaban J connectivity index is 2.22. The maximum atomic E-state index is 12.7. The van der Waals surface area contributed by atoms with Gasteiger partial charge in [-0.25, -0.2) is 14.2 Å². The molecule has 1 heterocycles. The lowest BCUT2D eigenvalue weighted by Gasteiger charge is -1.99. The zero-order valence-corrected chi connectivity index (χ0v) is 9.62. The molecule has 0 unspecified atom stereocenters. The predicted octanol–water partition coefficient (Wildman–Crippen LogP) is 3.08. The molecular weight excluding hydrogens is 245 g/mol. The molecule has 0 radical (unpaired) electrons. The number of halogens is 1. The third kappa shape index (κ3) is 2.59. The van der Waals surface area contributed by atoms with Crippen molar-refractivity contribution < 1.29 is 19.0 Å². The van der Waals surface area contributed by atoms with Crippen LogP contribution in [0.1, 0.15) is 15.4 Å². The molecule has 17 heavy (non-hydrogen) atoms. The lowest BCUT2D eigenvalue weighted by atomic mass is 10.3. The highest BCUT2D eigenvalue weighted by molar-refractivity contribution is 7.15. The number of benzene rings is 1. The summed E-state index contributed by atoms with van der Waals surface area (Å²) in [7, 11) is 0. The molecule has 0 bridgehead atoms. The summed E-state index contributed by atoms with van der Waals surface area (Å²) < 4.78 is 18.0. The van der Waals surface area contributed by atoms with Crippen molar-refractivity contribution in [2.24, 2.45) is 0 Å². The lowest BCUT2D eigenvalue weighted by Crippen LogP contribution is -1.94. The number of carbonyl (C=O) groups is 1. The Morgan fingerprint density at radius 3 is 2.59 bits per heavy atom. The van der Waals surface area contributed by atoms with Crippen LogP contribution >= 0.6 is 11.3 Å². The first-order chi connectivity index (χ1) is 8.06. The monoisotopic (exact) mass is 253 g/mol. The number of aryl methyl sites for hydroxylation is 1. The average Bonchev–Trinajstić information content (AvgIpc) is 2.63. The Labute approximate surface area is 100 Å². The molecule has 1 N–H and O–H groups in total. The second-order valence-electron chi connectivity index (χ2n) is 3.26. The van der Waals surface area contributed by atoms with Crippen molar-refractivity contribution in [1.82, 2.24) is 4.98 Å². The van der Waals surface area contributed by atoms with Crippen molar-refractivity contribution in [3.63, 3.8) is 0 Å². The first-order valence-electron chi connectivity index (χ1n) is 4.70. The topological polar surface area (TPSA) is 59.4 Å². The standard InChI is InChI=1S/C11H8FNO3S/c1-6-9(10(14)15)17-11(13-6)16-8-4-2-7(12)3-5-8/h2-5H,1H3,(H,14,15).